The first-order valence-corrected chi connectivity index (χ1v) is 18.9. The molecule has 0 aliphatic heterocycles. The molecule has 12 N–H and O–H groups in total. The highest BCUT2D eigenvalue weighted by Crippen LogP contribution is 2.38. The molecule has 4 aromatic rings. The van der Waals surface area contributed by atoms with Crippen LogP contribution in [0.4, 0.5) is 0 Å². The molecule has 0 aliphatic rings. The molecule has 0 aliphatic carbocycles. The lowest BCUT2D eigenvalue weighted by atomic mass is 10.2. The summed E-state index contributed by atoms with van der Waals surface area (Å²) in [6.45, 7) is 1.44. The fourth-order valence-corrected chi connectivity index (χ4v) is 7.10. The first-order chi connectivity index (χ1) is 25.7. The van der Waals surface area contributed by atoms with Crippen LogP contribution in [0.3, 0.4) is 0 Å². The van der Waals surface area contributed by atoms with Gasteiger partial charge in [-0.15, -0.1) is 0 Å². The number of rotatable bonds is 20. The van der Waals surface area contributed by atoms with Gasteiger partial charge < -0.3 is 61.6 Å². The second kappa shape index (κ2) is 25.4. The van der Waals surface area contributed by atoms with Gasteiger partial charge in [0.05, 0.1) is 42.4 Å². The molecule has 24 heteroatoms. The largest absolute Gasteiger partial charge is 0.480 e. The standard InChI is InChI=1S/C14H20N6O4S2.C9H13N3O3S.C7H11N3O2.CH4/c1-15-9(13(21)22)3-7-11(19-5-17-7)25-26-12-8(18-6-20-12)4-10(16-2)14(23)24;1-5(13)16-8-6(11-4-12-8)3-7(10-2)9(14)15;1-8-6(7(11)12)2-5-3-9-4-10-5;/h5-6,9-10,15-16H,3-4H2,1-2H3,(H,17,19)(H,18,20)(H,21,22)(H,23,24);4,7,10H,3H2,1-2H3,(H,11,12)(H,14,15);3-4,6,8H,2H2,1H3,(H,9,10)(H,11,12);1H4/t9-,10-;7-;6-;/m000./s1. The van der Waals surface area contributed by atoms with Gasteiger partial charge in [0, 0.05) is 44.5 Å². The maximum absolute atomic E-state index is 11.2. The second-order valence-corrected chi connectivity index (χ2v) is 14.2. The Bertz CT molecular complexity index is 1700. The van der Waals surface area contributed by atoms with Gasteiger partial charge in [-0.3, -0.25) is 24.0 Å². The molecule has 4 heterocycles. The molecule has 55 heavy (non-hydrogen) atoms. The van der Waals surface area contributed by atoms with E-state index in [0.29, 0.717) is 38.6 Å². The third-order valence-corrected chi connectivity index (χ3v) is 10.4. The van der Waals surface area contributed by atoms with E-state index in [-0.39, 0.29) is 31.8 Å². The number of likely N-dealkylation sites (N-methyl/N-ethyl adjacent to an activating group) is 4. The van der Waals surface area contributed by atoms with Crippen molar-refractivity contribution in [3.8, 4) is 0 Å². The predicted molar refractivity (Wildman–Crippen MR) is 206 cm³/mol. The van der Waals surface area contributed by atoms with Crippen molar-refractivity contribution in [1.29, 1.82) is 0 Å². The van der Waals surface area contributed by atoms with Gasteiger partial charge in [-0.25, -0.2) is 19.9 Å². The van der Waals surface area contributed by atoms with E-state index in [2.05, 4.69) is 61.1 Å². The van der Waals surface area contributed by atoms with Crippen LogP contribution >= 0.6 is 33.3 Å². The van der Waals surface area contributed by atoms with Crippen LogP contribution < -0.4 is 21.3 Å². The number of imidazole rings is 4. The number of hydrogen-bond donors (Lipinski definition) is 12. The number of aromatic nitrogens is 8. The second-order valence-electron chi connectivity index (χ2n) is 10.9. The number of carbonyl (C=O) groups is 5. The summed E-state index contributed by atoms with van der Waals surface area (Å²) in [5.41, 5.74) is 2.89. The number of aliphatic carboxylic acids is 4. The highest BCUT2D eigenvalue weighted by Gasteiger charge is 2.22. The van der Waals surface area contributed by atoms with Crippen LogP contribution in [-0.2, 0) is 49.7 Å². The van der Waals surface area contributed by atoms with Gasteiger partial charge in [-0.05, 0) is 61.5 Å². The Morgan fingerprint density at radius 2 is 0.927 bits per heavy atom. The zero-order valence-electron chi connectivity index (χ0n) is 29.9. The fourth-order valence-electron chi connectivity index (χ4n) is 4.29. The van der Waals surface area contributed by atoms with Crippen molar-refractivity contribution >= 4 is 62.3 Å². The van der Waals surface area contributed by atoms with Crippen molar-refractivity contribution in [3.63, 3.8) is 0 Å². The molecular formula is C31H48N12O9S3. The summed E-state index contributed by atoms with van der Waals surface area (Å²) in [5, 5.41) is 48.5. The quantitative estimate of drug-likeness (QED) is 0.0435. The average Bonchev–Trinajstić information content (AvgIpc) is 3.96. The average molecular weight is 829 g/mol. The minimum atomic E-state index is -0.938. The molecule has 0 unspecified atom stereocenters. The summed E-state index contributed by atoms with van der Waals surface area (Å²) in [7, 11) is 9.05. The Balaban J connectivity index is 0.000000446. The van der Waals surface area contributed by atoms with E-state index >= 15 is 0 Å². The van der Waals surface area contributed by atoms with Gasteiger partial charge in [0.2, 0.25) is 0 Å². The van der Waals surface area contributed by atoms with Crippen LogP contribution in [0.2, 0.25) is 0 Å². The van der Waals surface area contributed by atoms with Crippen LogP contribution in [0, 0.1) is 0 Å². The van der Waals surface area contributed by atoms with E-state index in [4.69, 9.17) is 20.4 Å². The number of H-pyrrole nitrogens is 4. The predicted octanol–water partition coefficient (Wildman–Crippen LogP) is 0.887. The molecule has 4 aromatic heterocycles. The van der Waals surface area contributed by atoms with E-state index in [9.17, 15) is 24.0 Å². The summed E-state index contributed by atoms with van der Waals surface area (Å²) in [5.74, 6) is -3.66. The lowest BCUT2D eigenvalue weighted by Gasteiger charge is -2.11. The van der Waals surface area contributed by atoms with Gasteiger partial charge in [-0.2, -0.15) is 0 Å². The van der Waals surface area contributed by atoms with Crippen LogP contribution in [-0.4, -0.2) is 142 Å². The first kappa shape index (κ1) is 48.3. The Hall–Kier alpha value is -4.72. The summed E-state index contributed by atoms with van der Waals surface area (Å²) in [6.07, 6.45) is 8.85. The molecule has 0 saturated carbocycles. The van der Waals surface area contributed by atoms with Crippen molar-refractivity contribution < 1.29 is 44.4 Å². The van der Waals surface area contributed by atoms with Gasteiger partial charge in [0.15, 0.2) is 5.12 Å². The number of hydrogen-bond acceptors (Lipinski definition) is 16. The fraction of sp³-hybridized carbons (Fsp3) is 0.452. The normalized spacial score (nSPS) is 12.7. The van der Waals surface area contributed by atoms with Crippen molar-refractivity contribution in [2.24, 2.45) is 0 Å². The Morgan fingerprint density at radius 3 is 1.24 bits per heavy atom. The van der Waals surface area contributed by atoms with Crippen molar-refractivity contribution in [1.82, 2.24) is 61.1 Å². The van der Waals surface area contributed by atoms with Gasteiger partial charge in [-0.1, -0.05) is 7.43 Å². The van der Waals surface area contributed by atoms with Crippen LogP contribution in [0.15, 0.2) is 46.6 Å². The highest BCUT2D eigenvalue weighted by atomic mass is 33.1. The summed E-state index contributed by atoms with van der Waals surface area (Å²) in [6, 6.07) is -2.67. The molecule has 21 nitrogen and oxygen atoms in total. The van der Waals surface area contributed by atoms with Crippen molar-refractivity contribution in [2.75, 3.05) is 28.2 Å². The summed E-state index contributed by atoms with van der Waals surface area (Å²) >= 11 is 0.994. The van der Waals surface area contributed by atoms with Gasteiger partial charge in [0.25, 0.3) is 0 Å². The van der Waals surface area contributed by atoms with Gasteiger partial charge in [0.1, 0.15) is 39.2 Å². The molecular weight excluding hydrogens is 781 g/mol. The number of carbonyl (C=O) groups excluding carboxylic acids is 1. The zero-order valence-corrected chi connectivity index (χ0v) is 32.3. The number of carboxylic acids is 4. The topological polar surface area (TPSA) is 329 Å². The highest BCUT2D eigenvalue weighted by molar-refractivity contribution is 8.76. The molecule has 0 aromatic carbocycles. The van der Waals surface area contributed by atoms with E-state index in [1.165, 1.54) is 53.8 Å². The molecule has 304 valence electrons. The third kappa shape index (κ3) is 16.7. The zero-order chi connectivity index (χ0) is 40.2. The van der Waals surface area contributed by atoms with Crippen LogP contribution in [0.25, 0.3) is 0 Å². The van der Waals surface area contributed by atoms with E-state index in [0.717, 1.165) is 17.5 Å². The van der Waals surface area contributed by atoms with E-state index in [1.807, 2.05) is 0 Å². The number of carboxylic acid groups (broad SMARTS) is 4. The Labute approximate surface area is 328 Å². The number of nitrogens with one attached hydrogen (secondary N) is 8. The SMILES string of the molecule is C.CN[C@@H](Cc1[nH]cnc1SC(C)=O)C(=O)O.CN[C@@H](Cc1[nH]cnc1SSc1nc[nH]c1C[C@H](NC)C(=O)O)C(=O)O.CN[C@@H](Cc1cnc[nH]1)C(=O)O. The number of aromatic amines is 4. The smallest absolute Gasteiger partial charge is 0.321 e. The minimum absolute atomic E-state index is 0. The lowest BCUT2D eigenvalue weighted by molar-refractivity contribution is -0.140. The third-order valence-electron chi connectivity index (χ3n) is 7.27. The van der Waals surface area contributed by atoms with Crippen molar-refractivity contribution in [3.05, 3.63) is 54.3 Å². The van der Waals surface area contributed by atoms with Crippen molar-refractivity contribution in [2.45, 2.75) is 79.3 Å². The molecule has 0 radical (unpaired) electrons. The number of thioether (sulfide) groups is 1. The maximum Gasteiger partial charge on any atom is 0.321 e. The Morgan fingerprint density at radius 1 is 0.582 bits per heavy atom. The lowest BCUT2D eigenvalue weighted by Crippen LogP contribution is -2.36. The molecule has 4 rings (SSSR count). The molecule has 0 amide bonds. The summed E-state index contributed by atoms with van der Waals surface area (Å²) in [4.78, 5) is 82.5. The first-order valence-electron chi connectivity index (χ1n) is 15.9. The van der Waals surface area contributed by atoms with E-state index < -0.39 is 48.0 Å². The van der Waals surface area contributed by atoms with Gasteiger partial charge >= 0.3 is 23.9 Å². The minimum Gasteiger partial charge on any atom is -0.480 e. The molecule has 0 saturated heterocycles. The molecule has 4 atom stereocenters. The number of nitrogens with zero attached hydrogens (tertiary/aromatic N) is 4. The van der Waals surface area contributed by atoms with E-state index in [1.54, 1.807) is 34.4 Å². The molecule has 0 spiro atoms. The maximum atomic E-state index is 11.2. The Kier molecular flexibility index (Phi) is 22.3. The summed E-state index contributed by atoms with van der Waals surface area (Å²) < 4.78 is 0. The molecule has 0 bridgehead atoms. The van der Waals surface area contributed by atoms with Crippen LogP contribution in [0.1, 0.15) is 37.1 Å². The molecule has 0 fully saturated rings. The van der Waals surface area contributed by atoms with Crippen LogP contribution in [0.5, 0.6) is 0 Å². The monoisotopic (exact) mass is 828 g/mol.